The molecule has 1 N–H and O–H groups in total. The van der Waals surface area contributed by atoms with Gasteiger partial charge in [0.2, 0.25) is 0 Å². The molecular formula is C19H23NO2. The standard InChI is InChI=1S/C19H23NO2/c1-13-4-5-14(11-19(13)22-3)10-18-17-7-6-16(21-2)12-15(17)8-9-20-18/h4-7,11-12,18,20H,8-10H2,1-3H3. The molecule has 1 unspecified atom stereocenters. The van der Waals surface area contributed by atoms with Crippen molar-refractivity contribution in [1.82, 2.24) is 5.32 Å². The van der Waals surface area contributed by atoms with E-state index < -0.39 is 0 Å². The van der Waals surface area contributed by atoms with E-state index in [1.54, 1.807) is 14.2 Å². The van der Waals surface area contributed by atoms with E-state index in [0.29, 0.717) is 6.04 Å². The lowest BCUT2D eigenvalue weighted by Crippen LogP contribution is -2.31. The third-order valence-electron chi connectivity index (χ3n) is 4.42. The van der Waals surface area contributed by atoms with Gasteiger partial charge in [0.25, 0.3) is 0 Å². The largest absolute Gasteiger partial charge is 0.497 e. The molecule has 0 spiro atoms. The van der Waals surface area contributed by atoms with Crippen molar-refractivity contribution in [2.24, 2.45) is 0 Å². The molecule has 0 amide bonds. The highest BCUT2D eigenvalue weighted by Crippen LogP contribution is 2.30. The summed E-state index contributed by atoms with van der Waals surface area (Å²) in [5.41, 5.74) is 5.24. The van der Waals surface area contributed by atoms with E-state index in [-0.39, 0.29) is 0 Å². The van der Waals surface area contributed by atoms with Crippen molar-refractivity contribution in [2.75, 3.05) is 20.8 Å². The first-order valence-corrected chi connectivity index (χ1v) is 7.75. The first-order chi connectivity index (χ1) is 10.7. The van der Waals surface area contributed by atoms with Crippen molar-refractivity contribution in [3.8, 4) is 11.5 Å². The van der Waals surface area contributed by atoms with Gasteiger partial charge in [0.1, 0.15) is 11.5 Å². The highest BCUT2D eigenvalue weighted by molar-refractivity contribution is 5.41. The van der Waals surface area contributed by atoms with Crippen LogP contribution in [-0.2, 0) is 12.8 Å². The average molecular weight is 297 g/mol. The first kappa shape index (κ1) is 14.9. The fraction of sp³-hybridized carbons (Fsp3) is 0.368. The minimum Gasteiger partial charge on any atom is -0.497 e. The number of benzene rings is 2. The molecule has 3 heteroatoms. The number of nitrogens with one attached hydrogen (secondary N) is 1. The lowest BCUT2D eigenvalue weighted by atomic mass is 9.90. The van der Waals surface area contributed by atoms with Crippen LogP contribution in [0.25, 0.3) is 0 Å². The molecule has 0 bridgehead atoms. The number of fused-ring (bicyclic) bond motifs is 1. The smallest absolute Gasteiger partial charge is 0.122 e. The van der Waals surface area contributed by atoms with Gasteiger partial charge in [-0.25, -0.2) is 0 Å². The molecule has 1 heterocycles. The van der Waals surface area contributed by atoms with Gasteiger partial charge < -0.3 is 14.8 Å². The predicted molar refractivity (Wildman–Crippen MR) is 88.9 cm³/mol. The van der Waals surface area contributed by atoms with Crippen LogP contribution in [0.15, 0.2) is 36.4 Å². The van der Waals surface area contributed by atoms with Crippen molar-refractivity contribution in [2.45, 2.75) is 25.8 Å². The number of rotatable bonds is 4. The maximum atomic E-state index is 5.44. The van der Waals surface area contributed by atoms with Gasteiger partial charge in [0.05, 0.1) is 14.2 Å². The Hall–Kier alpha value is -2.00. The summed E-state index contributed by atoms with van der Waals surface area (Å²) in [6.07, 6.45) is 2.02. The van der Waals surface area contributed by atoms with E-state index in [0.717, 1.165) is 30.9 Å². The van der Waals surface area contributed by atoms with E-state index in [1.165, 1.54) is 22.3 Å². The Morgan fingerprint density at radius 3 is 2.73 bits per heavy atom. The normalized spacial score (nSPS) is 17.0. The van der Waals surface area contributed by atoms with Crippen molar-refractivity contribution in [3.05, 3.63) is 58.7 Å². The van der Waals surface area contributed by atoms with Crippen LogP contribution in [0.1, 0.15) is 28.3 Å². The summed E-state index contributed by atoms with van der Waals surface area (Å²) in [6.45, 7) is 3.08. The van der Waals surface area contributed by atoms with Gasteiger partial charge in [-0.3, -0.25) is 0 Å². The Kier molecular flexibility index (Phi) is 4.34. The molecule has 2 aromatic rings. The Balaban J connectivity index is 1.85. The molecule has 1 atom stereocenters. The summed E-state index contributed by atoms with van der Waals surface area (Å²) in [5.74, 6) is 1.90. The molecule has 2 aromatic carbocycles. The maximum absolute atomic E-state index is 5.44. The third-order valence-corrected chi connectivity index (χ3v) is 4.42. The number of hydrogen-bond acceptors (Lipinski definition) is 3. The Labute approximate surface area is 132 Å². The van der Waals surface area contributed by atoms with Crippen LogP contribution in [0.5, 0.6) is 11.5 Å². The second kappa shape index (κ2) is 6.41. The molecule has 0 saturated heterocycles. The Bertz CT molecular complexity index is 666. The minimum atomic E-state index is 0.349. The molecule has 0 radical (unpaired) electrons. The van der Waals surface area contributed by atoms with E-state index >= 15 is 0 Å². The summed E-state index contributed by atoms with van der Waals surface area (Å²) in [7, 11) is 3.45. The number of aryl methyl sites for hydroxylation is 1. The van der Waals surface area contributed by atoms with Crippen LogP contribution in [0.4, 0.5) is 0 Å². The topological polar surface area (TPSA) is 30.5 Å². The monoisotopic (exact) mass is 297 g/mol. The third kappa shape index (κ3) is 2.95. The highest BCUT2D eigenvalue weighted by atomic mass is 16.5. The zero-order valence-electron chi connectivity index (χ0n) is 13.5. The van der Waals surface area contributed by atoms with Crippen LogP contribution in [0.2, 0.25) is 0 Å². The highest BCUT2D eigenvalue weighted by Gasteiger charge is 2.20. The van der Waals surface area contributed by atoms with Gasteiger partial charge in [-0.2, -0.15) is 0 Å². The van der Waals surface area contributed by atoms with E-state index in [4.69, 9.17) is 9.47 Å². The molecule has 3 rings (SSSR count). The van der Waals surface area contributed by atoms with Crippen molar-refractivity contribution in [1.29, 1.82) is 0 Å². The van der Waals surface area contributed by atoms with Crippen molar-refractivity contribution in [3.63, 3.8) is 0 Å². The van der Waals surface area contributed by atoms with E-state index in [2.05, 4.69) is 48.6 Å². The van der Waals surface area contributed by atoms with Crippen LogP contribution in [0.3, 0.4) is 0 Å². The molecule has 1 aliphatic heterocycles. The maximum Gasteiger partial charge on any atom is 0.122 e. The summed E-state index contributed by atoms with van der Waals surface area (Å²) in [4.78, 5) is 0. The van der Waals surface area contributed by atoms with E-state index in [1.807, 2.05) is 0 Å². The SMILES string of the molecule is COc1ccc2c(c1)CCNC2Cc1ccc(C)c(OC)c1. The van der Waals surface area contributed by atoms with Gasteiger partial charge >= 0.3 is 0 Å². The van der Waals surface area contributed by atoms with Crippen LogP contribution < -0.4 is 14.8 Å². The van der Waals surface area contributed by atoms with E-state index in [9.17, 15) is 0 Å². The van der Waals surface area contributed by atoms with Gasteiger partial charge in [0, 0.05) is 6.04 Å². The average Bonchev–Trinajstić information content (AvgIpc) is 2.56. The summed E-state index contributed by atoms with van der Waals surface area (Å²) >= 11 is 0. The molecule has 1 aliphatic rings. The quantitative estimate of drug-likeness (QED) is 0.937. The molecule has 116 valence electrons. The zero-order valence-corrected chi connectivity index (χ0v) is 13.5. The number of hydrogen-bond donors (Lipinski definition) is 1. The number of methoxy groups -OCH3 is 2. The molecule has 0 aromatic heterocycles. The van der Waals surface area contributed by atoms with Gasteiger partial charge in [-0.1, -0.05) is 18.2 Å². The Morgan fingerprint density at radius 2 is 1.95 bits per heavy atom. The molecular weight excluding hydrogens is 274 g/mol. The van der Waals surface area contributed by atoms with Gasteiger partial charge in [-0.05, 0) is 66.8 Å². The van der Waals surface area contributed by atoms with Crippen LogP contribution in [0, 0.1) is 6.92 Å². The molecule has 3 nitrogen and oxygen atoms in total. The zero-order chi connectivity index (χ0) is 15.5. The predicted octanol–water partition coefficient (Wildman–Crippen LogP) is 3.44. The van der Waals surface area contributed by atoms with Crippen LogP contribution in [-0.4, -0.2) is 20.8 Å². The summed E-state index contributed by atoms with van der Waals surface area (Å²) in [5, 5.41) is 3.63. The molecule has 0 saturated carbocycles. The lowest BCUT2D eigenvalue weighted by molar-refractivity contribution is 0.410. The molecule has 0 fully saturated rings. The fourth-order valence-corrected chi connectivity index (χ4v) is 3.17. The minimum absolute atomic E-state index is 0.349. The lowest BCUT2D eigenvalue weighted by Gasteiger charge is -2.27. The second-order valence-electron chi connectivity index (χ2n) is 5.83. The van der Waals surface area contributed by atoms with Gasteiger partial charge in [-0.15, -0.1) is 0 Å². The number of ether oxygens (including phenoxy) is 2. The summed E-state index contributed by atoms with van der Waals surface area (Å²) < 4.78 is 10.8. The summed E-state index contributed by atoms with van der Waals surface area (Å²) in [6, 6.07) is 13.2. The second-order valence-corrected chi connectivity index (χ2v) is 5.83. The van der Waals surface area contributed by atoms with Crippen LogP contribution >= 0.6 is 0 Å². The first-order valence-electron chi connectivity index (χ1n) is 7.75. The molecule has 22 heavy (non-hydrogen) atoms. The fourth-order valence-electron chi connectivity index (χ4n) is 3.17. The molecule has 0 aliphatic carbocycles. The Morgan fingerprint density at radius 1 is 1.09 bits per heavy atom. The van der Waals surface area contributed by atoms with Gasteiger partial charge in [0.15, 0.2) is 0 Å². The van der Waals surface area contributed by atoms with Crippen molar-refractivity contribution < 1.29 is 9.47 Å². The van der Waals surface area contributed by atoms with Crippen molar-refractivity contribution >= 4 is 0 Å².